The van der Waals surface area contributed by atoms with Crippen molar-refractivity contribution >= 4 is 10.9 Å². The monoisotopic (exact) mass is 288 g/mol. The lowest BCUT2D eigenvalue weighted by Crippen LogP contribution is -1.96. The quantitative estimate of drug-likeness (QED) is 0.516. The summed E-state index contributed by atoms with van der Waals surface area (Å²) in [5.41, 5.74) is 3.64. The Hall–Kier alpha value is -2.94. The summed E-state index contributed by atoms with van der Waals surface area (Å²) in [5, 5.41) is 5.77. The SMILES string of the molecule is Fc1cccc(-n2nc(-c3ccccc3)c3ccccc32)c1. The van der Waals surface area contributed by atoms with E-state index in [0.29, 0.717) is 0 Å². The maximum Gasteiger partial charge on any atom is 0.125 e. The van der Waals surface area contributed by atoms with Crippen molar-refractivity contribution in [2.45, 2.75) is 0 Å². The third kappa shape index (κ3) is 2.07. The van der Waals surface area contributed by atoms with Gasteiger partial charge in [0.05, 0.1) is 11.2 Å². The van der Waals surface area contributed by atoms with Gasteiger partial charge in [-0.15, -0.1) is 0 Å². The lowest BCUT2D eigenvalue weighted by molar-refractivity contribution is 0.626. The molecule has 0 spiro atoms. The number of benzene rings is 3. The first-order valence-corrected chi connectivity index (χ1v) is 7.12. The van der Waals surface area contributed by atoms with Gasteiger partial charge in [0.2, 0.25) is 0 Å². The fraction of sp³-hybridized carbons (Fsp3) is 0. The number of hydrogen-bond donors (Lipinski definition) is 0. The van der Waals surface area contributed by atoms with Gasteiger partial charge in [-0.3, -0.25) is 0 Å². The molecule has 4 rings (SSSR count). The average molecular weight is 288 g/mol. The van der Waals surface area contributed by atoms with E-state index in [1.54, 1.807) is 10.7 Å². The summed E-state index contributed by atoms with van der Waals surface area (Å²) >= 11 is 0. The van der Waals surface area contributed by atoms with Gasteiger partial charge >= 0.3 is 0 Å². The summed E-state index contributed by atoms with van der Waals surface area (Å²) < 4.78 is 15.3. The van der Waals surface area contributed by atoms with Crippen LogP contribution in [-0.4, -0.2) is 9.78 Å². The van der Waals surface area contributed by atoms with Gasteiger partial charge in [0.15, 0.2) is 0 Å². The average Bonchev–Trinajstić information content (AvgIpc) is 2.95. The molecule has 0 aliphatic heterocycles. The summed E-state index contributed by atoms with van der Waals surface area (Å²) in [4.78, 5) is 0. The molecular weight excluding hydrogens is 275 g/mol. The second-order valence-electron chi connectivity index (χ2n) is 5.12. The zero-order valence-corrected chi connectivity index (χ0v) is 11.8. The smallest absolute Gasteiger partial charge is 0.125 e. The number of halogens is 1. The van der Waals surface area contributed by atoms with Crippen LogP contribution in [0.4, 0.5) is 4.39 Å². The predicted molar refractivity (Wildman–Crippen MR) is 86.5 cm³/mol. The van der Waals surface area contributed by atoms with Crippen LogP contribution in [-0.2, 0) is 0 Å². The molecule has 0 radical (unpaired) electrons. The van der Waals surface area contributed by atoms with E-state index in [4.69, 9.17) is 5.10 Å². The van der Waals surface area contributed by atoms with Gasteiger partial charge in [-0.05, 0) is 24.3 Å². The second kappa shape index (κ2) is 5.11. The number of para-hydroxylation sites is 1. The molecule has 0 amide bonds. The van der Waals surface area contributed by atoms with Crippen LogP contribution in [0.15, 0.2) is 78.9 Å². The summed E-state index contributed by atoms with van der Waals surface area (Å²) in [5.74, 6) is -0.265. The van der Waals surface area contributed by atoms with Crippen molar-refractivity contribution in [1.82, 2.24) is 9.78 Å². The van der Waals surface area contributed by atoms with E-state index >= 15 is 0 Å². The predicted octanol–water partition coefficient (Wildman–Crippen LogP) is 4.83. The number of aromatic nitrogens is 2. The van der Waals surface area contributed by atoms with Crippen molar-refractivity contribution in [2.75, 3.05) is 0 Å². The minimum absolute atomic E-state index is 0.265. The van der Waals surface area contributed by atoms with E-state index in [0.717, 1.165) is 27.8 Å². The molecule has 1 heterocycles. The number of rotatable bonds is 2. The molecule has 0 aliphatic rings. The van der Waals surface area contributed by atoms with E-state index in [9.17, 15) is 4.39 Å². The van der Waals surface area contributed by atoms with Crippen LogP contribution in [0.25, 0.3) is 27.8 Å². The van der Waals surface area contributed by atoms with Gasteiger partial charge in [-0.1, -0.05) is 54.6 Å². The highest BCUT2D eigenvalue weighted by Gasteiger charge is 2.13. The third-order valence-electron chi connectivity index (χ3n) is 3.69. The van der Waals surface area contributed by atoms with Gasteiger partial charge in [0.1, 0.15) is 11.5 Å². The molecule has 0 fully saturated rings. The van der Waals surface area contributed by atoms with Crippen molar-refractivity contribution in [2.24, 2.45) is 0 Å². The Kier molecular flexibility index (Phi) is 2.97. The molecule has 0 unspecified atom stereocenters. The van der Waals surface area contributed by atoms with E-state index in [1.807, 2.05) is 60.7 Å². The fourth-order valence-corrected chi connectivity index (χ4v) is 2.68. The van der Waals surface area contributed by atoms with E-state index in [-0.39, 0.29) is 5.82 Å². The number of nitrogens with zero attached hydrogens (tertiary/aromatic N) is 2. The van der Waals surface area contributed by atoms with Crippen molar-refractivity contribution in [1.29, 1.82) is 0 Å². The highest BCUT2D eigenvalue weighted by Crippen LogP contribution is 2.29. The lowest BCUT2D eigenvalue weighted by atomic mass is 10.1. The Morgan fingerprint density at radius 2 is 1.55 bits per heavy atom. The van der Waals surface area contributed by atoms with E-state index < -0.39 is 0 Å². The molecule has 0 atom stereocenters. The summed E-state index contributed by atoms with van der Waals surface area (Å²) in [6, 6.07) is 24.5. The van der Waals surface area contributed by atoms with E-state index in [1.165, 1.54) is 12.1 Å². The number of hydrogen-bond acceptors (Lipinski definition) is 1. The van der Waals surface area contributed by atoms with Crippen LogP contribution in [0.5, 0.6) is 0 Å². The molecule has 106 valence electrons. The normalized spacial score (nSPS) is 11.0. The first kappa shape index (κ1) is 12.8. The van der Waals surface area contributed by atoms with Gasteiger partial charge in [0.25, 0.3) is 0 Å². The maximum absolute atomic E-state index is 13.5. The van der Waals surface area contributed by atoms with Crippen LogP contribution in [0.2, 0.25) is 0 Å². The molecule has 4 aromatic rings. The second-order valence-corrected chi connectivity index (χ2v) is 5.12. The van der Waals surface area contributed by atoms with Gasteiger partial charge in [-0.2, -0.15) is 5.10 Å². The summed E-state index contributed by atoms with van der Waals surface area (Å²) in [6.07, 6.45) is 0. The Labute approximate surface area is 127 Å². The molecule has 3 heteroatoms. The lowest BCUT2D eigenvalue weighted by Gasteiger charge is -2.03. The van der Waals surface area contributed by atoms with Gasteiger partial charge in [0, 0.05) is 10.9 Å². The van der Waals surface area contributed by atoms with Gasteiger partial charge in [-0.25, -0.2) is 9.07 Å². The molecule has 0 bridgehead atoms. The van der Waals surface area contributed by atoms with Crippen molar-refractivity contribution < 1.29 is 4.39 Å². The molecule has 0 aliphatic carbocycles. The van der Waals surface area contributed by atoms with Crippen LogP contribution < -0.4 is 0 Å². The molecule has 0 saturated carbocycles. The zero-order chi connectivity index (χ0) is 14.9. The molecule has 0 saturated heterocycles. The van der Waals surface area contributed by atoms with E-state index in [2.05, 4.69) is 0 Å². The summed E-state index contributed by atoms with van der Waals surface area (Å²) in [7, 11) is 0. The molecule has 22 heavy (non-hydrogen) atoms. The Bertz CT molecular complexity index is 942. The van der Waals surface area contributed by atoms with Crippen LogP contribution >= 0.6 is 0 Å². The molecule has 3 aromatic carbocycles. The van der Waals surface area contributed by atoms with Crippen LogP contribution in [0, 0.1) is 5.82 Å². The fourth-order valence-electron chi connectivity index (χ4n) is 2.68. The highest BCUT2D eigenvalue weighted by molar-refractivity contribution is 5.94. The van der Waals surface area contributed by atoms with Crippen LogP contribution in [0.1, 0.15) is 0 Å². The van der Waals surface area contributed by atoms with Crippen LogP contribution in [0.3, 0.4) is 0 Å². The Balaban J connectivity index is 2.01. The van der Waals surface area contributed by atoms with Crippen molar-refractivity contribution in [3.63, 3.8) is 0 Å². The first-order valence-electron chi connectivity index (χ1n) is 7.12. The number of fused-ring (bicyclic) bond motifs is 1. The highest BCUT2D eigenvalue weighted by atomic mass is 19.1. The third-order valence-corrected chi connectivity index (χ3v) is 3.69. The molecule has 0 N–H and O–H groups in total. The Morgan fingerprint density at radius 1 is 0.773 bits per heavy atom. The van der Waals surface area contributed by atoms with Crippen molar-refractivity contribution in [3.05, 3.63) is 84.7 Å². The van der Waals surface area contributed by atoms with Crippen molar-refractivity contribution in [3.8, 4) is 16.9 Å². The molecule has 2 nitrogen and oxygen atoms in total. The largest absolute Gasteiger partial charge is 0.232 e. The zero-order valence-electron chi connectivity index (χ0n) is 11.8. The van der Waals surface area contributed by atoms with Gasteiger partial charge < -0.3 is 0 Å². The Morgan fingerprint density at radius 3 is 2.36 bits per heavy atom. The topological polar surface area (TPSA) is 17.8 Å². The molecular formula is C19H13FN2. The molecule has 1 aromatic heterocycles. The first-order chi connectivity index (χ1) is 10.8. The summed E-state index contributed by atoms with van der Waals surface area (Å²) in [6.45, 7) is 0. The maximum atomic E-state index is 13.5. The minimum Gasteiger partial charge on any atom is -0.232 e. The standard InChI is InChI=1S/C19H13FN2/c20-15-9-6-10-16(13-15)22-18-12-5-4-11-17(18)19(21-22)14-7-2-1-3-8-14/h1-13H. The minimum atomic E-state index is -0.265.